The third-order valence-corrected chi connectivity index (χ3v) is 5.78. The largest absolute Gasteiger partial charge is 0.494 e. The highest BCUT2D eigenvalue weighted by molar-refractivity contribution is 7.80. The first-order chi connectivity index (χ1) is 15.3. The number of nitrogens with one attached hydrogen (secondary N) is 3. The van der Waals surface area contributed by atoms with Crippen LogP contribution in [0.5, 0.6) is 11.5 Å². The Hall–Kier alpha value is -2.85. The van der Waals surface area contributed by atoms with Crippen molar-refractivity contribution in [1.82, 2.24) is 5.32 Å². The highest BCUT2D eigenvalue weighted by Gasteiger charge is 2.15. The summed E-state index contributed by atoms with van der Waals surface area (Å²) in [6, 6.07) is 11.4. The van der Waals surface area contributed by atoms with Crippen molar-refractivity contribution in [3.05, 3.63) is 68.3 Å². The van der Waals surface area contributed by atoms with Gasteiger partial charge in [-0.25, -0.2) is 0 Å². The molecule has 0 atom stereocenters. The Balaban J connectivity index is 1.67. The van der Waals surface area contributed by atoms with Crippen LogP contribution in [0.4, 0.5) is 11.4 Å². The Morgan fingerprint density at radius 2 is 1.69 bits per heavy atom. The standard InChI is InChI=1S/C21H17Cl2N3O4S2/c1-29-16-10-12(5-6-15(16)25-20(28)17-4-3-7-32-17)24-21(31)26-19(27)11-8-13(22)18(30-2)14(23)9-11/h3-10H,1-2H3,(H,25,28)(H2,24,26,27,31). The van der Waals surface area contributed by atoms with E-state index in [4.69, 9.17) is 44.9 Å². The summed E-state index contributed by atoms with van der Waals surface area (Å²) in [5.41, 5.74) is 1.26. The number of thiocarbonyl (C=S) groups is 1. The fourth-order valence-corrected chi connectivity index (χ4v) is 4.16. The fourth-order valence-electron chi connectivity index (χ4n) is 2.69. The van der Waals surface area contributed by atoms with E-state index in [1.54, 1.807) is 30.3 Å². The Morgan fingerprint density at radius 3 is 2.28 bits per heavy atom. The number of carbonyl (C=O) groups is 2. The summed E-state index contributed by atoms with van der Waals surface area (Å²) < 4.78 is 10.4. The van der Waals surface area contributed by atoms with Crippen LogP contribution in [-0.4, -0.2) is 31.1 Å². The van der Waals surface area contributed by atoms with Crippen molar-refractivity contribution < 1.29 is 19.1 Å². The summed E-state index contributed by atoms with van der Waals surface area (Å²) in [6.45, 7) is 0. The summed E-state index contributed by atoms with van der Waals surface area (Å²) >= 11 is 18.7. The number of methoxy groups -OCH3 is 2. The van der Waals surface area contributed by atoms with Crippen LogP contribution in [0.3, 0.4) is 0 Å². The molecule has 0 radical (unpaired) electrons. The minimum atomic E-state index is -0.499. The molecule has 2 amide bonds. The van der Waals surface area contributed by atoms with E-state index in [0.29, 0.717) is 22.0 Å². The van der Waals surface area contributed by atoms with Crippen LogP contribution in [0, 0.1) is 0 Å². The van der Waals surface area contributed by atoms with Gasteiger partial charge in [-0.05, 0) is 47.9 Å². The maximum atomic E-state index is 12.5. The van der Waals surface area contributed by atoms with E-state index in [2.05, 4.69) is 16.0 Å². The zero-order chi connectivity index (χ0) is 23.3. The second kappa shape index (κ2) is 10.6. The Kier molecular flexibility index (Phi) is 7.92. The van der Waals surface area contributed by atoms with E-state index in [0.717, 1.165) is 0 Å². The normalized spacial score (nSPS) is 10.2. The molecule has 0 aliphatic heterocycles. The summed E-state index contributed by atoms with van der Waals surface area (Å²) in [7, 11) is 2.91. The van der Waals surface area contributed by atoms with E-state index in [1.165, 1.54) is 37.7 Å². The van der Waals surface area contributed by atoms with Gasteiger partial charge in [-0.1, -0.05) is 29.3 Å². The van der Waals surface area contributed by atoms with Gasteiger partial charge in [0, 0.05) is 17.3 Å². The molecule has 3 N–H and O–H groups in total. The van der Waals surface area contributed by atoms with Crippen molar-refractivity contribution in [2.75, 3.05) is 24.9 Å². The van der Waals surface area contributed by atoms with Gasteiger partial charge in [0.1, 0.15) is 5.75 Å². The molecule has 0 aliphatic carbocycles. The smallest absolute Gasteiger partial charge is 0.265 e. The SMILES string of the molecule is COc1cc(NC(=S)NC(=O)c2cc(Cl)c(OC)c(Cl)c2)ccc1NC(=O)c1cccs1. The lowest BCUT2D eigenvalue weighted by Gasteiger charge is -2.14. The molecular formula is C21H17Cl2N3O4S2. The van der Waals surface area contributed by atoms with Crippen molar-refractivity contribution in [3.8, 4) is 11.5 Å². The number of rotatable bonds is 6. The van der Waals surface area contributed by atoms with E-state index >= 15 is 0 Å². The minimum absolute atomic E-state index is 0.0514. The molecule has 0 unspecified atom stereocenters. The number of halogens is 2. The van der Waals surface area contributed by atoms with Crippen LogP contribution in [0.25, 0.3) is 0 Å². The first-order valence-corrected chi connectivity index (χ1v) is 11.0. The number of hydrogen-bond donors (Lipinski definition) is 3. The Labute approximate surface area is 203 Å². The summed E-state index contributed by atoms with van der Waals surface area (Å²) in [5, 5.41) is 10.5. The predicted octanol–water partition coefficient (Wildman–Crippen LogP) is 5.45. The van der Waals surface area contributed by atoms with Crippen LogP contribution in [0.2, 0.25) is 10.0 Å². The quantitative estimate of drug-likeness (QED) is 0.382. The van der Waals surface area contributed by atoms with Crippen molar-refractivity contribution in [2.24, 2.45) is 0 Å². The molecular weight excluding hydrogens is 493 g/mol. The number of amides is 2. The molecule has 0 aliphatic rings. The van der Waals surface area contributed by atoms with Crippen LogP contribution in [0.1, 0.15) is 20.0 Å². The first kappa shape index (κ1) is 23.8. The third-order valence-electron chi connectivity index (χ3n) is 4.14. The number of benzene rings is 2. The molecule has 0 bridgehead atoms. The predicted molar refractivity (Wildman–Crippen MR) is 132 cm³/mol. The number of ether oxygens (including phenoxy) is 2. The molecule has 0 saturated carbocycles. The molecule has 1 aromatic heterocycles. The maximum absolute atomic E-state index is 12.5. The highest BCUT2D eigenvalue weighted by Crippen LogP contribution is 2.34. The molecule has 1 heterocycles. The summed E-state index contributed by atoms with van der Waals surface area (Å²) in [4.78, 5) is 25.4. The minimum Gasteiger partial charge on any atom is -0.494 e. The van der Waals surface area contributed by atoms with E-state index in [-0.39, 0.29) is 32.4 Å². The first-order valence-electron chi connectivity index (χ1n) is 9.00. The molecule has 166 valence electrons. The lowest BCUT2D eigenvalue weighted by molar-refractivity contribution is 0.0976. The van der Waals surface area contributed by atoms with Gasteiger partial charge in [-0.3, -0.25) is 14.9 Å². The van der Waals surface area contributed by atoms with Crippen LogP contribution in [-0.2, 0) is 0 Å². The molecule has 11 heteroatoms. The maximum Gasteiger partial charge on any atom is 0.265 e. The van der Waals surface area contributed by atoms with Crippen molar-refractivity contribution in [1.29, 1.82) is 0 Å². The summed E-state index contributed by atoms with van der Waals surface area (Å²) in [6.07, 6.45) is 0. The molecule has 3 rings (SSSR count). The van der Waals surface area contributed by atoms with Crippen LogP contribution >= 0.6 is 46.8 Å². The third kappa shape index (κ3) is 5.68. The zero-order valence-corrected chi connectivity index (χ0v) is 20.0. The Bertz CT molecular complexity index is 1150. The monoisotopic (exact) mass is 509 g/mol. The van der Waals surface area contributed by atoms with Gasteiger partial charge < -0.3 is 20.1 Å². The molecule has 2 aromatic carbocycles. The van der Waals surface area contributed by atoms with E-state index in [1.807, 2.05) is 5.38 Å². The number of hydrogen-bond acceptors (Lipinski definition) is 6. The number of thiophene rings is 1. The lowest BCUT2D eigenvalue weighted by Crippen LogP contribution is -2.34. The van der Waals surface area contributed by atoms with Gasteiger partial charge >= 0.3 is 0 Å². The summed E-state index contributed by atoms with van der Waals surface area (Å²) in [5.74, 6) is -0.0361. The molecule has 0 fully saturated rings. The van der Waals surface area contributed by atoms with Gasteiger partial charge in [-0.15, -0.1) is 11.3 Å². The lowest BCUT2D eigenvalue weighted by atomic mass is 10.2. The van der Waals surface area contributed by atoms with Gasteiger partial charge in [0.05, 0.1) is 34.8 Å². The van der Waals surface area contributed by atoms with Gasteiger partial charge in [0.25, 0.3) is 11.8 Å². The van der Waals surface area contributed by atoms with Crippen LogP contribution in [0.15, 0.2) is 47.8 Å². The zero-order valence-electron chi connectivity index (χ0n) is 16.8. The molecule has 32 heavy (non-hydrogen) atoms. The number of anilines is 2. The second-order valence-corrected chi connectivity index (χ2v) is 8.40. The van der Waals surface area contributed by atoms with Crippen molar-refractivity contribution >= 4 is 75.1 Å². The second-order valence-electron chi connectivity index (χ2n) is 6.23. The molecule has 0 spiro atoms. The number of carbonyl (C=O) groups excluding carboxylic acids is 2. The van der Waals surface area contributed by atoms with Gasteiger partial charge in [0.2, 0.25) is 0 Å². The molecule has 7 nitrogen and oxygen atoms in total. The van der Waals surface area contributed by atoms with E-state index in [9.17, 15) is 9.59 Å². The van der Waals surface area contributed by atoms with Crippen LogP contribution < -0.4 is 25.4 Å². The fraction of sp³-hybridized carbons (Fsp3) is 0.0952. The molecule has 3 aromatic rings. The average Bonchev–Trinajstić information content (AvgIpc) is 3.29. The molecule has 0 saturated heterocycles. The van der Waals surface area contributed by atoms with Gasteiger partial charge in [0.15, 0.2) is 10.9 Å². The highest BCUT2D eigenvalue weighted by atomic mass is 35.5. The van der Waals surface area contributed by atoms with Gasteiger partial charge in [-0.2, -0.15) is 0 Å². The Morgan fingerprint density at radius 1 is 0.969 bits per heavy atom. The van der Waals surface area contributed by atoms with E-state index < -0.39 is 5.91 Å². The van der Waals surface area contributed by atoms with Crippen molar-refractivity contribution in [2.45, 2.75) is 0 Å². The average molecular weight is 510 g/mol. The van der Waals surface area contributed by atoms with Crippen molar-refractivity contribution in [3.63, 3.8) is 0 Å². The topological polar surface area (TPSA) is 88.7 Å².